The van der Waals surface area contributed by atoms with Gasteiger partial charge in [0.25, 0.3) is 0 Å². The Morgan fingerprint density at radius 2 is 1.28 bits per heavy atom. The van der Waals surface area contributed by atoms with Gasteiger partial charge in [0.15, 0.2) is 12.3 Å². The second kappa shape index (κ2) is 8.26. The van der Waals surface area contributed by atoms with Gasteiger partial charge in [-0.25, -0.2) is 4.58 Å². The van der Waals surface area contributed by atoms with Gasteiger partial charge in [-0.3, -0.25) is 0 Å². The summed E-state index contributed by atoms with van der Waals surface area (Å²) in [6.07, 6.45) is 2.12. The Labute approximate surface area is 160 Å². The molecule has 0 amide bonds. The number of halogens is 1. The zero-order chi connectivity index (χ0) is 16.2. The summed E-state index contributed by atoms with van der Waals surface area (Å²) in [4.78, 5) is 0. The Morgan fingerprint density at radius 1 is 0.680 bits per heavy atom. The standard InChI is InChI=1S/C23H22N.BrH/c1-3-9-19(10-4-1)17-23-22-14-8-7-13-21(22)15-16-24(23)18-20-11-5-2-6-12-20;/h1-14H,15-18H2;1H/q+1;/p-1. The van der Waals surface area contributed by atoms with Crippen LogP contribution in [0.3, 0.4) is 0 Å². The van der Waals surface area contributed by atoms with Gasteiger partial charge in [0, 0.05) is 17.5 Å². The predicted molar refractivity (Wildman–Crippen MR) is 99.7 cm³/mol. The summed E-state index contributed by atoms with van der Waals surface area (Å²) < 4.78 is 2.56. The summed E-state index contributed by atoms with van der Waals surface area (Å²) in [5, 5.41) is 0. The molecule has 3 aromatic carbocycles. The topological polar surface area (TPSA) is 3.01 Å². The van der Waals surface area contributed by atoms with E-state index in [9.17, 15) is 0 Å². The summed E-state index contributed by atoms with van der Waals surface area (Å²) in [6.45, 7) is 2.07. The number of nitrogens with zero attached hydrogens (tertiary/aromatic N) is 1. The van der Waals surface area contributed by atoms with Crippen molar-refractivity contribution in [2.75, 3.05) is 6.54 Å². The van der Waals surface area contributed by atoms with Crippen molar-refractivity contribution in [3.05, 3.63) is 107 Å². The van der Waals surface area contributed by atoms with E-state index in [2.05, 4.69) is 89.5 Å². The molecule has 0 unspecified atom stereocenters. The predicted octanol–water partition coefficient (Wildman–Crippen LogP) is 1.49. The highest BCUT2D eigenvalue weighted by molar-refractivity contribution is 6.00. The minimum absolute atomic E-state index is 0. The van der Waals surface area contributed by atoms with Crippen LogP contribution in [0.2, 0.25) is 0 Å². The van der Waals surface area contributed by atoms with E-state index in [-0.39, 0.29) is 17.0 Å². The maximum atomic E-state index is 2.56. The molecule has 1 aliphatic heterocycles. The average molecular weight is 392 g/mol. The SMILES string of the molecule is [Br-].c1ccc(CC2=[N+](Cc3ccccc3)CCc3ccccc32)cc1. The number of hydrogen-bond donors (Lipinski definition) is 0. The Morgan fingerprint density at radius 3 is 2.00 bits per heavy atom. The molecular formula is C23H22BrN. The zero-order valence-electron chi connectivity index (χ0n) is 14.2. The molecule has 126 valence electrons. The van der Waals surface area contributed by atoms with Crippen LogP contribution >= 0.6 is 0 Å². The lowest BCUT2D eigenvalue weighted by Gasteiger charge is -2.19. The van der Waals surface area contributed by atoms with Crippen LogP contribution in [-0.2, 0) is 19.4 Å². The van der Waals surface area contributed by atoms with E-state index < -0.39 is 0 Å². The van der Waals surface area contributed by atoms with Crippen molar-refractivity contribution in [1.29, 1.82) is 0 Å². The molecule has 0 aromatic heterocycles. The maximum Gasteiger partial charge on any atom is 0.188 e. The van der Waals surface area contributed by atoms with Crippen LogP contribution in [-0.4, -0.2) is 16.8 Å². The van der Waals surface area contributed by atoms with E-state index in [1.54, 1.807) is 0 Å². The van der Waals surface area contributed by atoms with E-state index in [1.165, 1.54) is 28.0 Å². The molecular weight excluding hydrogens is 370 g/mol. The third kappa shape index (κ3) is 4.08. The minimum Gasteiger partial charge on any atom is -1.00 e. The molecule has 0 atom stereocenters. The first-order chi connectivity index (χ1) is 11.9. The monoisotopic (exact) mass is 391 g/mol. The number of rotatable bonds is 4. The highest BCUT2D eigenvalue weighted by atomic mass is 79.9. The van der Waals surface area contributed by atoms with Crippen LogP contribution in [0.5, 0.6) is 0 Å². The van der Waals surface area contributed by atoms with Gasteiger partial charge in [0.1, 0.15) is 6.54 Å². The van der Waals surface area contributed by atoms with Crippen molar-refractivity contribution in [2.45, 2.75) is 19.4 Å². The first-order valence-electron chi connectivity index (χ1n) is 8.67. The first-order valence-corrected chi connectivity index (χ1v) is 8.67. The quantitative estimate of drug-likeness (QED) is 0.592. The molecule has 2 heteroatoms. The van der Waals surface area contributed by atoms with E-state index in [4.69, 9.17) is 0 Å². The van der Waals surface area contributed by atoms with Crippen molar-refractivity contribution in [1.82, 2.24) is 0 Å². The summed E-state index contributed by atoms with van der Waals surface area (Å²) in [7, 11) is 0. The molecule has 0 bridgehead atoms. The van der Waals surface area contributed by atoms with Gasteiger partial charge >= 0.3 is 0 Å². The Hall–Kier alpha value is -2.19. The van der Waals surface area contributed by atoms with Crippen molar-refractivity contribution in [3.63, 3.8) is 0 Å². The second-order valence-electron chi connectivity index (χ2n) is 6.42. The summed E-state index contributed by atoms with van der Waals surface area (Å²) >= 11 is 0. The average Bonchev–Trinajstić information content (AvgIpc) is 2.65. The third-order valence-corrected chi connectivity index (χ3v) is 4.79. The van der Waals surface area contributed by atoms with Gasteiger partial charge in [0.05, 0.1) is 6.42 Å². The smallest absolute Gasteiger partial charge is 0.188 e. The van der Waals surface area contributed by atoms with E-state index in [0.29, 0.717) is 0 Å². The Kier molecular flexibility index (Phi) is 5.83. The van der Waals surface area contributed by atoms with Crippen LogP contribution in [0.15, 0.2) is 84.9 Å². The van der Waals surface area contributed by atoms with Crippen LogP contribution in [0.1, 0.15) is 22.3 Å². The fraction of sp³-hybridized carbons (Fsp3) is 0.174. The van der Waals surface area contributed by atoms with Crippen LogP contribution in [0.25, 0.3) is 0 Å². The Bertz CT molecular complexity index is 854. The largest absolute Gasteiger partial charge is 1.00 e. The third-order valence-electron chi connectivity index (χ3n) is 4.79. The highest BCUT2D eigenvalue weighted by Gasteiger charge is 2.25. The second-order valence-corrected chi connectivity index (χ2v) is 6.42. The summed E-state index contributed by atoms with van der Waals surface area (Å²) in [5.41, 5.74) is 7.10. The molecule has 1 heterocycles. The Balaban J connectivity index is 0.00000182. The van der Waals surface area contributed by atoms with Crippen molar-refractivity contribution >= 4 is 5.71 Å². The van der Waals surface area contributed by atoms with Crippen LogP contribution in [0, 0.1) is 0 Å². The van der Waals surface area contributed by atoms with E-state index >= 15 is 0 Å². The van der Waals surface area contributed by atoms with E-state index in [1.807, 2.05) is 0 Å². The lowest BCUT2D eigenvalue weighted by atomic mass is 9.92. The first kappa shape index (κ1) is 17.6. The number of hydrogen-bond acceptors (Lipinski definition) is 0. The molecule has 0 fully saturated rings. The van der Waals surface area contributed by atoms with Gasteiger partial charge in [-0.15, -0.1) is 0 Å². The number of benzene rings is 3. The zero-order valence-corrected chi connectivity index (χ0v) is 15.8. The van der Waals surface area contributed by atoms with Gasteiger partial charge in [0.2, 0.25) is 0 Å². The minimum atomic E-state index is 0. The molecule has 0 N–H and O–H groups in total. The lowest BCUT2D eigenvalue weighted by molar-refractivity contribution is -0.545. The highest BCUT2D eigenvalue weighted by Crippen LogP contribution is 2.19. The molecule has 0 saturated heterocycles. The fourth-order valence-electron chi connectivity index (χ4n) is 3.56. The number of fused-ring (bicyclic) bond motifs is 1. The van der Waals surface area contributed by atoms with Gasteiger partial charge < -0.3 is 17.0 Å². The molecule has 4 rings (SSSR count). The molecule has 0 radical (unpaired) electrons. The molecule has 0 aliphatic carbocycles. The van der Waals surface area contributed by atoms with Crippen molar-refractivity contribution in [3.8, 4) is 0 Å². The lowest BCUT2D eigenvalue weighted by Crippen LogP contribution is -3.00. The van der Waals surface area contributed by atoms with Crippen LogP contribution in [0.4, 0.5) is 0 Å². The molecule has 3 aromatic rings. The van der Waals surface area contributed by atoms with Crippen molar-refractivity contribution < 1.29 is 21.6 Å². The molecule has 25 heavy (non-hydrogen) atoms. The van der Waals surface area contributed by atoms with Gasteiger partial charge in [-0.2, -0.15) is 0 Å². The fourth-order valence-corrected chi connectivity index (χ4v) is 3.56. The van der Waals surface area contributed by atoms with Crippen LogP contribution < -0.4 is 17.0 Å². The summed E-state index contributed by atoms with van der Waals surface area (Å²) in [5.74, 6) is 0. The maximum absolute atomic E-state index is 2.56. The van der Waals surface area contributed by atoms with Gasteiger partial charge in [-0.05, 0) is 17.2 Å². The normalized spacial score (nSPS) is 13.1. The summed E-state index contributed by atoms with van der Waals surface area (Å²) in [6, 6.07) is 30.5. The molecule has 1 aliphatic rings. The van der Waals surface area contributed by atoms with E-state index in [0.717, 1.165) is 25.9 Å². The van der Waals surface area contributed by atoms with Crippen molar-refractivity contribution in [2.24, 2.45) is 0 Å². The van der Waals surface area contributed by atoms with Gasteiger partial charge in [-0.1, -0.05) is 78.9 Å². The molecule has 0 saturated carbocycles. The molecule has 0 spiro atoms. The molecule has 1 nitrogen and oxygen atoms in total.